The molecule has 0 aliphatic rings. The second-order valence-electron chi connectivity index (χ2n) is 5.88. The van der Waals surface area contributed by atoms with E-state index in [1.54, 1.807) is 48.5 Å². The summed E-state index contributed by atoms with van der Waals surface area (Å²) in [4.78, 5) is 32.9. The van der Waals surface area contributed by atoms with Gasteiger partial charge in [0, 0.05) is 22.0 Å². The highest BCUT2D eigenvalue weighted by atomic mass is 35.5. The van der Waals surface area contributed by atoms with Gasteiger partial charge in [-0.05, 0) is 36.4 Å². The van der Waals surface area contributed by atoms with E-state index in [1.807, 2.05) is 0 Å². The van der Waals surface area contributed by atoms with Crippen LogP contribution in [0.15, 0.2) is 59.5 Å². The first kappa shape index (κ1) is 17.1. The molecule has 0 saturated carbocycles. The summed E-state index contributed by atoms with van der Waals surface area (Å²) in [5, 5.41) is 4.08. The van der Waals surface area contributed by atoms with Crippen molar-refractivity contribution >= 4 is 45.1 Å². The van der Waals surface area contributed by atoms with Crippen molar-refractivity contribution in [3.63, 3.8) is 0 Å². The van der Waals surface area contributed by atoms with Crippen molar-refractivity contribution in [2.45, 2.75) is 0 Å². The average molecular weight is 380 g/mol. The molecule has 0 radical (unpaired) electrons. The van der Waals surface area contributed by atoms with E-state index in [9.17, 15) is 9.59 Å². The third-order valence-corrected chi connectivity index (χ3v) is 4.49. The fourth-order valence-electron chi connectivity index (χ4n) is 3.01. The number of fused-ring (bicyclic) bond motifs is 2. The van der Waals surface area contributed by atoms with E-state index in [-0.39, 0.29) is 5.43 Å². The zero-order chi connectivity index (χ0) is 19.0. The molecule has 0 bridgehead atoms. The number of carbonyl (C=O) groups excluding carboxylic acids is 1. The Balaban J connectivity index is 1.91. The fourth-order valence-corrected chi connectivity index (χ4v) is 3.17. The average Bonchev–Trinajstić information content (AvgIpc) is 2.67. The molecule has 0 saturated heterocycles. The van der Waals surface area contributed by atoms with Gasteiger partial charge in [0.15, 0.2) is 5.43 Å². The van der Waals surface area contributed by atoms with Crippen LogP contribution < -0.4 is 15.5 Å². The number of rotatable bonds is 3. The summed E-state index contributed by atoms with van der Waals surface area (Å²) in [6.45, 7) is 0. The van der Waals surface area contributed by atoms with Gasteiger partial charge in [0.2, 0.25) is 0 Å². The number of nitrogens with zero attached hydrogens (tertiary/aromatic N) is 1. The number of halogens is 1. The van der Waals surface area contributed by atoms with Gasteiger partial charge in [-0.1, -0.05) is 23.7 Å². The van der Waals surface area contributed by atoms with E-state index in [1.165, 1.54) is 13.3 Å². The van der Waals surface area contributed by atoms with Gasteiger partial charge in [0.1, 0.15) is 11.6 Å². The minimum atomic E-state index is -0.403. The summed E-state index contributed by atoms with van der Waals surface area (Å²) in [5.41, 5.74) is 1.12. The Morgan fingerprint density at radius 3 is 2.59 bits per heavy atom. The molecule has 2 aromatic carbocycles. The van der Waals surface area contributed by atoms with Crippen LogP contribution in [0.5, 0.6) is 5.75 Å². The SMILES string of the molecule is COc1cccc2c(=O)c3cccc(C(=O)Nc4cc(Cl)ccn4)c3[nH]c12. The molecule has 0 atom stereocenters. The van der Waals surface area contributed by atoms with Crippen LogP contribution in [-0.2, 0) is 0 Å². The van der Waals surface area contributed by atoms with Crippen molar-refractivity contribution in [2.24, 2.45) is 0 Å². The molecule has 0 aliphatic carbocycles. The molecular formula is C20H14ClN3O3. The normalized spacial score (nSPS) is 10.9. The number of hydrogen-bond donors (Lipinski definition) is 2. The lowest BCUT2D eigenvalue weighted by Crippen LogP contribution is -2.15. The van der Waals surface area contributed by atoms with E-state index in [2.05, 4.69) is 15.3 Å². The molecule has 1 amide bonds. The van der Waals surface area contributed by atoms with Gasteiger partial charge in [0.25, 0.3) is 5.91 Å². The van der Waals surface area contributed by atoms with E-state index in [0.29, 0.717) is 44.0 Å². The Labute approximate surface area is 158 Å². The molecule has 2 heterocycles. The summed E-state index contributed by atoms with van der Waals surface area (Å²) < 4.78 is 5.35. The standard InChI is InChI=1S/C20H14ClN3O3/c1-27-15-7-3-5-13-18(15)24-17-12(19(13)25)4-2-6-14(17)20(26)23-16-10-11(21)8-9-22-16/h2-10H,1H3,(H,24,25)(H,22,23,26). The second-order valence-corrected chi connectivity index (χ2v) is 6.31. The first-order valence-electron chi connectivity index (χ1n) is 8.13. The van der Waals surface area contributed by atoms with Crippen LogP contribution in [0.3, 0.4) is 0 Å². The Morgan fingerprint density at radius 2 is 1.85 bits per heavy atom. The number of benzene rings is 2. The van der Waals surface area contributed by atoms with Gasteiger partial charge in [-0.3, -0.25) is 9.59 Å². The highest BCUT2D eigenvalue weighted by Crippen LogP contribution is 2.25. The summed E-state index contributed by atoms with van der Waals surface area (Å²) in [6, 6.07) is 13.4. The van der Waals surface area contributed by atoms with Crippen molar-refractivity contribution < 1.29 is 9.53 Å². The quantitative estimate of drug-likeness (QED) is 0.527. The predicted molar refractivity (Wildman–Crippen MR) is 106 cm³/mol. The lowest BCUT2D eigenvalue weighted by atomic mass is 10.1. The molecule has 134 valence electrons. The molecule has 2 aromatic heterocycles. The molecule has 4 rings (SSSR count). The molecule has 0 spiro atoms. The maximum Gasteiger partial charge on any atom is 0.258 e. The first-order chi connectivity index (χ1) is 13.1. The van der Waals surface area contributed by atoms with Crippen molar-refractivity contribution in [3.8, 4) is 5.75 Å². The smallest absolute Gasteiger partial charge is 0.258 e. The van der Waals surface area contributed by atoms with Gasteiger partial charge in [0.05, 0.1) is 23.7 Å². The van der Waals surface area contributed by atoms with Crippen LogP contribution in [0.25, 0.3) is 21.8 Å². The second kappa shape index (κ2) is 6.74. The highest BCUT2D eigenvalue weighted by Gasteiger charge is 2.16. The van der Waals surface area contributed by atoms with Crippen LogP contribution in [0.1, 0.15) is 10.4 Å². The van der Waals surface area contributed by atoms with Crippen molar-refractivity contribution in [1.82, 2.24) is 9.97 Å². The molecule has 7 heteroatoms. The number of H-pyrrole nitrogens is 1. The number of methoxy groups -OCH3 is 1. The number of ether oxygens (including phenoxy) is 1. The molecule has 6 nitrogen and oxygen atoms in total. The number of anilines is 1. The summed E-state index contributed by atoms with van der Waals surface area (Å²) in [6.07, 6.45) is 1.50. The number of carbonyl (C=O) groups is 1. The maximum atomic E-state index is 12.9. The summed E-state index contributed by atoms with van der Waals surface area (Å²) in [7, 11) is 1.53. The summed E-state index contributed by atoms with van der Waals surface area (Å²) in [5.74, 6) is 0.448. The molecule has 4 aromatic rings. The molecule has 2 N–H and O–H groups in total. The number of hydrogen-bond acceptors (Lipinski definition) is 4. The van der Waals surface area contributed by atoms with Crippen LogP contribution in [0, 0.1) is 0 Å². The lowest BCUT2D eigenvalue weighted by molar-refractivity contribution is 0.102. The van der Waals surface area contributed by atoms with Crippen LogP contribution in [0.2, 0.25) is 5.02 Å². The Morgan fingerprint density at radius 1 is 1.11 bits per heavy atom. The molecule has 0 fully saturated rings. The zero-order valence-corrected chi connectivity index (χ0v) is 15.0. The molecular weight excluding hydrogens is 366 g/mol. The Kier molecular flexibility index (Phi) is 4.25. The predicted octanol–water partition coefficient (Wildman–Crippen LogP) is 3.99. The van der Waals surface area contributed by atoms with E-state index in [4.69, 9.17) is 16.3 Å². The van der Waals surface area contributed by atoms with Crippen LogP contribution >= 0.6 is 11.6 Å². The van der Waals surface area contributed by atoms with E-state index < -0.39 is 5.91 Å². The molecule has 27 heavy (non-hydrogen) atoms. The van der Waals surface area contributed by atoms with Crippen molar-refractivity contribution in [1.29, 1.82) is 0 Å². The zero-order valence-electron chi connectivity index (χ0n) is 14.2. The lowest BCUT2D eigenvalue weighted by Gasteiger charge is -2.11. The van der Waals surface area contributed by atoms with Crippen LogP contribution in [0.4, 0.5) is 5.82 Å². The van der Waals surface area contributed by atoms with Crippen molar-refractivity contribution in [2.75, 3.05) is 12.4 Å². The third kappa shape index (κ3) is 3.00. The van der Waals surface area contributed by atoms with Gasteiger partial charge in [-0.15, -0.1) is 0 Å². The topological polar surface area (TPSA) is 84.1 Å². The minimum absolute atomic E-state index is 0.173. The Bertz CT molecular complexity index is 1250. The maximum absolute atomic E-state index is 12.9. The first-order valence-corrected chi connectivity index (χ1v) is 8.51. The van der Waals surface area contributed by atoms with Gasteiger partial charge < -0.3 is 15.0 Å². The van der Waals surface area contributed by atoms with Gasteiger partial charge in [-0.25, -0.2) is 4.98 Å². The van der Waals surface area contributed by atoms with Crippen LogP contribution in [-0.4, -0.2) is 23.0 Å². The molecule has 0 aliphatic heterocycles. The number of nitrogens with one attached hydrogen (secondary N) is 2. The fraction of sp³-hybridized carbons (Fsp3) is 0.0500. The number of pyridine rings is 2. The van der Waals surface area contributed by atoms with E-state index in [0.717, 1.165) is 0 Å². The van der Waals surface area contributed by atoms with Crippen molar-refractivity contribution in [3.05, 3.63) is 75.5 Å². The number of aromatic amines is 1. The number of amides is 1. The largest absolute Gasteiger partial charge is 0.495 e. The van der Waals surface area contributed by atoms with Gasteiger partial charge >= 0.3 is 0 Å². The highest BCUT2D eigenvalue weighted by molar-refractivity contribution is 6.30. The summed E-state index contributed by atoms with van der Waals surface area (Å²) >= 11 is 5.94. The van der Waals surface area contributed by atoms with E-state index >= 15 is 0 Å². The minimum Gasteiger partial charge on any atom is -0.495 e. The van der Waals surface area contributed by atoms with Gasteiger partial charge in [-0.2, -0.15) is 0 Å². The third-order valence-electron chi connectivity index (χ3n) is 4.26. The number of para-hydroxylation sites is 2. The monoisotopic (exact) mass is 379 g/mol. The molecule has 0 unspecified atom stereocenters. The number of aromatic nitrogens is 2. The Hall–Kier alpha value is -3.38.